The molecule has 2 nitrogen and oxygen atoms in total. The Balaban J connectivity index is 2.41. The van der Waals surface area contributed by atoms with E-state index in [0.717, 1.165) is 6.07 Å². The summed E-state index contributed by atoms with van der Waals surface area (Å²) in [7, 11) is 0. The van der Waals surface area contributed by atoms with Crippen molar-refractivity contribution in [2.45, 2.75) is 24.8 Å². The molecule has 0 fully saturated rings. The van der Waals surface area contributed by atoms with Crippen LogP contribution in [0.5, 0.6) is 0 Å². The summed E-state index contributed by atoms with van der Waals surface area (Å²) >= 11 is 0. The summed E-state index contributed by atoms with van der Waals surface area (Å²) in [5.41, 5.74) is 12.3. The molecule has 2 rings (SSSR count). The lowest BCUT2D eigenvalue weighted by Gasteiger charge is -2.33. The van der Waals surface area contributed by atoms with Crippen molar-refractivity contribution >= 4 is 0 Å². The van der Waals surface area contributed by atoms with Crippen molar-refractivity contribution in [1.82, 2.24) is 0 Å². The first-order valence-electron chi connectivity index (χ1n) is 5.00. The van der Waals surface area contributed by atoms with Crippen molar-refractivity contribution < 1.29 is 8.78 Å². The van der Waals surface area contributed by atoms with Crippen molar-refractivity contribution in [3.8, 4) is 0 Å². The number of benzene rings is 1. The molecule has 1 unspecified atom stereocenters. The molecule has 4 N–H and O–H groups in total. The van der Waals surface area contributed by atoms with Gasteiger partial charge in [0.25, 0.3) is 0 Å². The van der Waals surface area contributed by atoms with Gasteiger partial charge in [-0.3, -0.25) is 0 Å². The quantitative estimate of drug-likeness (QED) is 0.732. The van der Waals surface area contributed by atoms with Crippen LogP contribution in [0.2, 0.25) is 0 Å². The average molecular weight is 212 g/mol. The van der Waals surface area contributed by atoms with Crippen LogP contribution in [0.15, 0.2) is 12.1 Å². The zero-order chi connectivity index (χ0) is 11.1. The van der Waals surface area contributed by atoms with Crippen molar-refractivity contribution in [3.63, 3.8) is 0 Å². The second-order valence-electron chi connectivity index (χ2n) is 4.27. The largest absolute Gasteiger partial charge is 0.329 e. The number of hydrogen-bond acceptors (Lipinski definition) is 2. The van der Waals surface area contributed by atoms with Crippen LogP contribution in [0.1, 0.15) is 17.5 Å². The third-order valence-corrected chi connectivity index (χ3v) is 3.07. The van der Waals surface area contributed by atoms with E-state index in [1.807, 2.05) is 0 Å². The molecule has 0 bridgehead atoms. The standard InChI is InChI=1S/C11H14F2N2/c12-8-3-7-5-11(15,6-14)2-1-9(7)10(13)4-8/h3-4H,1-2,5-6,14-15H2. The molecule has 1 aliphatic carbocycles. The summed E-state index contributed by atoms with van der Waals surface area (Å²) in [6, 6.07) is 2.28. The zero-order valence-electron chi connectivity index (χ0n) is 8.39. The van der Waals surface area contributed by atoms with Crippen LogP contribution >= 0.6 is 0 Å². The molecule has 0 heterocycles. The molecule has 1 atom stereocenters. The van der Waals surface area contributed by atoms with E-state index in [4.69, 9.17) is 11.5 Å². The third-order valence-electron chi connectivity index (χ3n) is 3.07. The smallest absolute Gasteiger partial charge is 0.129 e. The maximum absolute atomic E-state index is 13.4. The van der Waals surface area contributed by atoms with Crippen molar-refractivity contribution in [2.75, 3.05) is 6.54 Å². The lowest BCUT2D eigenvalue weighted by Crippen LogP contribution is -2.51. The zero-order valence-corrected chi connectivity index (χ0v) is 8.39. The summed E-state index contributed by atoms with van der Waals surface area (Å²) in [6.07, 6.45) is 1.64. The highest BCUT2D eigenvalue weighted by atomic mass is 19.1. The summed E-state index contributed by atoms with van der Waals surface area (Å²) < 4.78 is 26.4. The van der Waals surface area contributed by atoms with Gasteiger partial charge in [-0.25, -0.2) is 8.78 Å². The minimum atomic E-state index is -0.549. The van der Waals surface area contributed by atoms with Crippen molar-refractivity contribution in [1.29, 1.82) is 0 Å². The lowest BCUT2D eigenvalue weighted by molar-refractivity contribution is 0.374. The van der Waals surface area contributed by atoms with E-state index < -0.39 is 17.2 Å². The second kappa shape index (κ2) is 3.54. The Morgan fingerprint density at radius 1 is 1.33 bits per heavy atom. The molecule has 4 heteroatoms. The molecule has 0 aromatic heterocycles. The third kappa shape index (κ3) is 1.87. The first-order valence-corrected chi connectivity index (χ1v) is 5.00. The first kappa shape index (κ1) is 10.5. The Labute approximate surface area is 87.3 Å². The topological polar surface area (TPSA) is 52.0 Å². The number of hydrogen-bond donors (Lipinski definition) is 2. The minimum absolute atomic E-state index is 0.338. The van der Waals surface area contributed by atoms with Gasteiger partial charge >= 0.3 is 0 Å². The van der Waals surface area contributed by atoms with Crippen LogP contribution in [0, 0.1) is 11.6 Å². The van der Waals surface area contributed by atoms with E-state index in [0.29, 0.717) is 36.9 Å². The van der Waals surface area contributed by atoms with Gasteiger partial charge in [-0.05, 0) is 36.5 Å². The molecule has 1 aliphatic rings. The molecule has 82 valence electrons. The lowest BCUT2D eigenvalue weighted by atomic mass is 9.78. The normalized spacial score (nSPS) is 25.1. The van der Waals surface area contributed by atoms with E-state index in [1.165, 1.54) is 6.07 Å². The van der Waals surface area contributed by atoms with Gasteiger partial charge in [-0.15, -0.1) is 0 Å². The highest BCUT2D eigenvalue weighted by Gasteiger charge is 2.30. The van der Waals surface area contributed by atoms with E-state index in [-0.39, 0.29) is 0 Å². The fourth-order valence-electron chi connectivity index (χ4n) is 2.11. The molecule has 15 heavy (non-hydrogen) atoms. The summed E-state index contributed by atoms with van der Waals surface area (Å²) in [5, 5.41) is 0. The fraction of sp³-hybridized carbons (Fsp3) is 0.455. The number of rotatable bonds is 1. The summed E-state index contributed by atoms with van der Waals surface area (Å²) in [5.74, 6) is -1.02. The SMILES string of the molecule is NCC1(N)CCc2c(F)cc(F)cc2C1. The maximum Gasteiger partial charge on any atom is 0.129 e. The van der Waals surface area contributed by atoms with E-state index in [1.54, 1.807) is 0 Å². The van der Waals surface area contributed by atoms with E-state index in [2.05, 4.69) is 0 Å². The highest BCUT2D eigenvalue weighted by molar-refractivity contribution is 5.34. The Morgan fingerprint density at radius 3 is 2.73 bits per heavy atom. The van der Waals surface area contributed by atoms with Gasteiger partial charge in [-0.2, -0.15) is 0 Å². The first-order chi connectivity index (χ1) is 7.04. The average Bonchev–Trinajstić information content (AvgIpc) is 2.16. The van der Waals surface area contributed by atoms with Gasteiger partial charge in [-0.1, -0.05) is 0 Å². The number of nitrogens with two attached hydrogens (primary N) is 2. The number of halogens is 2. The van der Waals surface area contributed by atoms with Gasteiger partial charge in [0.1, 0.15) is 11.6 Å². The molecule has 1 aromatic carbocycles. The molecule has 0 saturated heterocycles. The fourth-order valence-corrected chi connectivity index (χ4v) is 2.11. The molecule has 0 amide bonds. The van der Waals surface area contributed by atoms with E-state index in [9.17, 15) is 8.78 Å². The van der Waals surface area contributed by atoms with Crippen LogP contribution in [-0.2, 0) is 12.8 Å². The molecule has 0 saturated carbocycles. The van der Waals surface area contributed by atoms with Crippen molar-refractivity contribution in [2.24, 2.45) is 11.5 Å². The van der Waals surface area contributed by atoms with Crippen LogP contribution < -0.4 is 11.5 Å². The molecule has 0 spiro atoms. The molecule has 0 aliphatic heterocycles. The molecular weight excluding hydrogens is 198 g/mol. The van der Waals surface area contributed by atoms with Crippen LogP contribution in [0.4, 0.5) is 8.78 Å². The summed E-state index contributed by atoms with van der Waals surface area (Å²) in [6.45, 7) is 0.338. The minimum Gasteiger partial charge on any atom is -0.329 e. The van der Waals surface area contributed by atoms with Crippen molar-refractivity contribution in [3.05, 3.63) is 34.9 Å². The highest BCUT2D eigenvalue weighted by Crippen LogP contribution is 2.29. The Bertz CT molecular complexity index is 392. The van der Waals surface area contributed by atoms with Gasteiger partial charge < -0.3 is 11.5 Å². The molecular formula is C11H14F2N2. The van der Waals surface area contributed by atoms with Crippen LogP contribution in [0.3, 0.4) is 0 Å². The maximum atomic E-state index is 13.4. The molecule has 0 radical (unpaired) electrons. The number of fused-ring (bicyclic) bond motifs is 1. The summed E-state index contributed by atoms with van der Waals surface area (Å²) in [4.78, 5) is 0. The van der Waals surface area contributed by atoms with Gasteiger partial charge in [0, 0.05) is 18.2 Å². The second-order valence-corrected chi connectivity index (χ2v) is 4.27. The Morgan fingerprint density at radius 2 is 2.07 bits per heavy atom. The predicted octanol–water partition coefficient (Wildman–Crippen LogP) is 1.11. The van der Waals surface area contributed by atoms with Gasteiger partial charge in [0.15, 0.2) is 0 Å². The van der Waals surface area contributed by atoms with E-state index >= 15 is 0 Å². The Kier molecular flexibility index (Phi) is 2.48. The van der Waals surface area contributed by atoms with Gasteiger partial charge in [0.05, 0.1) is 0 Å². The van der Waals surface area contributed by atoms with Crippen LogP contribution in [-0.4, -0.2) is 12.1 Å². The van der Waals surface area contributed by atoms with Crippen LogP contribution in [0.25, 0.3) is 0 Å². The Hall–Kier alpha value is -1.00. The van der Waals surface area contributed by atoms with Gasteiger partial charge in [0.2, 0.25) is 0 Å². The molecule has 1 aromatic rings. The monoisotopic (exact) mass is 212 g/mol. The predicted molar refractivity (Wildman–Crippen MR) is 54.4 cm³/mol.